The van der Waals surface area contributed by atoms with Gasteiger partial charge in [-0.25, -0.2) is 4.79 Å². The molecule has 0 saturated heterocycles. The first-order valence-electron chi connectivity index (χ1n) is 11.6. The van der Waals surface area contributed by atoms with Gasteiger partial charge in [-0.1, -0.05) is 0 Å². The third-order valence-electron chi connectivity index (χ3n) is 6.11. The van der Waals surface area contributed by atoms with E-state index in [-0.39, 0.29) is 12.2 Å². The van der Waals surface area contributed by atoms with Crippen LogP contribution in [-0.2, 0) is 13.0 Å². The molecule has 0 amide bonds. The van der Waals surface area contributed by atoms with Crippen molar-refractivity contribution >= 4 is 37.8 Å². The molecule has 0 spiro atoms. The third kappa shape index (κ3) is 3.84. The second kappa shape index (κ2) is 8.82. The highest BCUT2D eigenvalue weighted by molar-refractivity contribution is 9.10. The van der Waals surface area contributed by atoms with E-state index >= 15 is 0 Å². The normalized spacial score (nSPS) is 12.8. The van der Waals surface area contributed by atoms with Crippen molar-refractivity contribution in [3.63, 3.8) is 0 Å². The molecule has 0 unspecified atom stereocenters. The topological polar surface area (TPSA) is 72.1 Å². The minimum absolute atomic E-state index is 0.0271. The van der Waals surface area contributed by atoms with E-state index in [1.165, 1.54) is 0 Å². The highest BCUT2D eigenvalue weighted by atomic mass is 79.9. The molecular weight excluding hydrogens is 514 g/mol. The number of ether oxygens (including phenoxy) is 4. The summed E-state index contributed by atoms with van der Waals surface area (Å²) in [6, 6.07) is 7.63. The summed E-state index contributed by atoms with van der Waals surface area (Å²) in [7, 11) is 3.23. The van der Waals surface area contributed by atoms with Gasteiger partial charge in [0, 0.05) is 28.9 Å². The van der Waals surface area contributed by atoms with Crippen LogP contribution in [0.5, 0.6) is 23.0 Å². The van der Waals surface area contributed by atoms with Crippen molar-refractivity contribution < 1.29 is 23.4 Å². The number of methoxy groups -OCH3 is 2. The van der Waals surface area contributed by atoms with Crippen molar-refractivity contribution in [2.24, 2.45) is 0 Å². The van der Waals surface area contributed by atoms with Gasteiger partial charge in [-0.05, 0) is 73.8 Å². The molecule has 0 atom stereocenters. The largest absolute Gasteiger partial charge is 0.493 e. The molecule has 5 rings (SSSR count). The van der Waals surface area contributed by atoms with Crippen LogP contribution in [0.15, 0.2) is 37.9 Å². The van der Waals surface area contributed by atoms with Crippen LogP contribution in [0, 0.1) is 0 Å². The summed E-state index contributed by atoms with van der Waals surface area (Å²) in [5.41, 5.74) is 3.61. The lowest BCUT2D eigenvalue weighted by atomic mass is 9.97. The number of halogens is 1. The van der Waals surface area contributed by atoms with Crippen LogP contribution < -0.4 is 24.6 Å². The summed E-state index contributed by atoms with van der Waals surface area (Å²) in [5, 5.41) is 1.56. The van der Waals surface area contributed by atoms with Gasteiger partial charge < -0.3 is 27.9 Å². The van der Waals surface area contributed by atoms with E-state index in [0.29, 0.717) is 40.6 Å². The minimum Gasteiger partial charge on any atom is -0.493 e. The van der Waals surface area contributed by atoms with Crippen LogP contribution in [0.2, 0.25) is 0 Å². The van der Waals surface area contributed by atoms with Gasteiger partial charge in [-0.15, -0.1) is 0 Å². The molecule has 7 nitrogen and oxygen atoms in total. The second-order valence-corrected chi connectivity index (χ2v) is 9.96. The Kier molecular flexibility index (Phi) is 5.95. The Morgan fingerprint density at radius 2 is 1.54 bits per heavy atom. The van der Waals surface area contributed by atoms with Gasteiger partial charge in [-0.3, -0.25) is 0 Å². The molecule has 35 heavy (non-hydrogen) atoms. The lowest BCUT2D eigenvalue weighted by Gasteiger charge is -2.23. The number of rotatable bonds is 6. The summed E-state index contributed by atoms with van der Waals surface area (Å²) in [6.45, 7) is 8.49. The molecule has 2 aromatic heterocycles. The maximum atomic E-state index is 13.3. The molecule has 0 fully saturated rings. The highest BCUT2D eigenvalue weighted by Crippen LogP contribution is 2.47. The molecule has 184 valence electrons. The van der Waals surface area contributed by atoms with E-state index in [2.05, 4.69) is 15.9 Å². The number of aromatic nitrogens is 1. The van der Waals surface area contributed by atoms with Gasteiger partial charge >= 0.3 is 5.63 Å². The maximum absolute atomic E-state index is 13.3. The van der Waals surface area contributed by atoms with Crippen LogP contribution in [0.1, 0.15) is 33.3 Å². The first-order valence-corrected chi connectivity index (χ1v) is 12.4. The number of aryl methyl sites for hydroxylation is 2. The third-order valence-corrected chi connectivity index (χ3v) is 6.88. The van der Waals surface area contributed by atoms with Crippen LogP contribution in [0.25, 0.3) is 33.1 Å². The predicted octanol–water partition coefficient (Wildman–Crippen LogP) is 6.32. The molecule has 2 aromatic carbocycles. The molecule has 0 radical (unpaired) electrons. The molecule has 3 heterocycles. The average molecular weight is 542 g/mol. The number of benzene rings is 2. The lowest BCUT2D eigenvalue weighted by molar-refractivity contribution is 0.230. The van der Waals surface area contributed by atoms with E-state index in [4.69, 9.17) is 23.4 Å². The highest BCUT2D eigenvalue weighted by Gasteiger charge is 2.29. The second-order valence-electron chi connectivity index (χ2n) is 9.17. The number of nitrogens with zero attached hydrogens (tertiary/aromatic N) is 1. The number of fused-ring (bicyclic) bond motifs is 7. The van der Waals surface area contributed by atoms with Gasteiger partial charge in [0.05, 0.1) is 36.6 Å². The van der Waals surface area contributed by atoms with E-state index in [1.807, 2.05) is 50.5 Å². The van der Waals surface area contributed by atoms with E-state index in [1.54, 1.807) is 20.3 Å². The van der Waals surface area contributed by atoms with Crippen molar-refractivity contribution in [2.75, 3.05) is 14.2 Å². The van der Waals surface area contributed by atoms with E-state index < -0.39 is 5.63 Å². The monoisotopic (exact) mass is 541 g/mol. The van der Waals surface area contributed by atoms with Crippen LogP contribution >= 0.6 is 15.9 Å². The van der Waals surface area contributed by atoms with E-state index in [0.717, 1.165) is 38.5 Å². The smallest absolute Gasteiger partial charge is 0.361 e. The Bertz CT molecular complexity index is 1510. The molecule has 0 aliphatic carbocycles. The fourth-order valence-electron chi connectivity index (χ4n) is 4.77. The quantitative estimate of drug-likeness (QED) is 0.266. The summed E-state index contributed by atoms with van der Waals surface area (Å²) in [6.07, 6.45) is 0.722. The van der Waals surface area contributed by atoms with Gasteiger partial charge in [-0.2, -0.15) is 0 Å². The van der Waals surface area contributed by atoms with Crippen molar-refractivity contribution in [2.45, 2.75) is 52.9 Å². The van der Waals surface area contributed by atoms with Crippen molar-refractivity contribution in [3.05, 3.63) is 44.7 Å². The number of hydrogen-bond donors (Lipinski definition) is 0. The minimum atomic E-state index is -0.393. The Balaban J connectivity index is 1.80. The predicted molar refractivity (Wildman–Crippen MR) is 139 cm³/mol. The summed E-state index contributed by atoms with van der Waals surface area (Å²) >= 11 is 3.83. The van der Waals surface area contributed by atoms with Crippen LogP contribution in [-0.4, -0.2) is 31.0 Å². The van der Waals surface area contributed by atoms with Crippen molar-refractivity contribution in [3.8, 4) is 34.3 Å². The Hall–Kier alpha value is -3.13. The average Bonchev–Trinajstić information content (AvgIpc) is 3.11. The molecule has 0 bridgehead atoms. The first-order chi connectivity index (χ1) is 16.7. The summed E-state index contributed by atoms with van der Waals surface area (Å²) in [5.74, 6) is 2.48. The fourth-order valence-corrected chi connectivity index (χ4v) is 5.60. The SMILES string of the molecule is COc1cc2c(cc1OC(C)C)CCn1c-2c(Br)c2c3cc(OC)c(OC(C)C)cc3oc(=O)c21. The van der Waals surface area contributed by atoms with Crippen molar-refractivity contribution in [1.29, 1.82) is 0 Å². The molecule has 0 N–H and O–H groups in total. The first kappa shape index (κ1) is 23.6. The molecular formula is C27H28BrNO6. The maximum Gasteiger partial charge on any atom is 0.361 e. The van der Waals surface area contributed by atoms with Gasteiger partial charge in [0.15, 0.2) is 23.0 Å². The summed E-state index contributed by atoms with van der Waals surface area (Å²) in [4.78, 5) is 13.3. The molecule has 4 aromatic rings. The molecule has 1 aliphatic rings. The van der Waals surface area contributed by atoms with E-state index in [9.17, 15) is 4.79 Å². The summed E-state index contributed by atoms with van der Waals surface area (Å²) < 4.78 is 31.8. The molecule has 1 aliphatic heterocycles. The Morgan fingerprint density at radius 1 is 0.914 bits per heavy atom. The zero-order valence-corrected chi connectivity index (χ0v) is 22.2. The Labute approximate surface area is 211 Å². The number of hydrogen-bond acceptors (Lipinski definition) is 6. The standard InChI is InChI=1S/C27H28BrNO6/c1-13(2)33-21-9-15-7-8-29-25(16(15)10-19(21)31-5)24(28)23-17-11-20(32-6)22(34-14(3)4)12-18(17)35-27(30)26(23)29/h9-14H,7-8H2,1-6H3. The van der Waals surface area contributed by atoms with Crippen molar-refractivity contribution in [1.82, 2.24) is 4.57 Å². The molecule has 8 heteroatoms. The zero-order chi connectivity index (χ0) is 25.0. The van der Waals surface area contributed by atoms with Crippen LogP contribution in [0.3, 0.4) is 0 Å². The van der Waals surface area contributed by atoms with Gasteiger partial charge in [0.2, 0.25) is 0 Å². The van der Waals surface area contributed by atoms with Gasteiger partial charge in [0.25, 0.3) is 0 Å². The fraction of sp³-hybridized carbons (Fsp3) is 0.370. The Morgan fingerprint density at radius 3 is 2.17 bits per heavy atom. The lowest BCUT2D eigenvalue weighted by Crippen LogP contribution is -2.15. The molecule has 0 saturated carbocycles. The van der Waals surface area contributed by atoms with Crippen LogP contribution in [0.4, 0.5) is 0 Å². The zero-order valence-electron chi connectivity index (χ0n) is 20.7. The van der Waals surface area contributed by atoms with Gasteiger partial charge in [0.1, 0.15) is 11.1 Å².